The number of hydrogen-bond acceptors (Lipinski definition) is 5. The first kappa shape index (κ1) is 12.8. The first-order valence-corrected chi connectivity index (χ1v) is 6.57. The van der Waals surface area contributed by atoms with Crippen molar-refractivity contribution in [3.05, 3.63) is 22.8 Å². The highest BCUT2D eigenvalue weighted by Crippen LogP contribution is 2.27. The summed E-state index contributed by atoms with van der Waals surface area (Å²) in [7, 11) is 1.36. The van der Waals surface area contributed by atoms with Crippen LogP contribution in [0, 0.1) is 6.92 Å². The highest BCUT2D eigenvalue weighted by atomic mass is 32.1. The van der Waals surface area contributed by atoms with Crippen molar-refractivity contribution in [3.63, 3.8) is 0 Å². The molecule has 0 radical (unpaired) electrons. The van der Waals surface area contributed by atoms with Crippen LogP contribution in [0.3, 0.4) is 0 Å². The van der Waals surface area contributed by atoms with E-state index in [1.165, 1.54) is 18.4 Å². The van der Waals surface area contributed by atoms with Crippen molar-refractivity contribution in [3.8, 4) is 10.7 Å². The molecule has 0 amide bonds. The summed E-state index contributed by atoms with van der Waals surface area (Å²) in [5.41, 5.74) is 1.34. The minimum Gasteiger partial charge on any atom is -0.464 e. The fraction of sp³-hybridized carbons (Fsp3) is 0.417. The Kier molecular flexibility index (Phi) is 3.76. The van der Waals surface area contributed by atoms with Crippen molar-refractivity contribution in [2.45, 2.75) is 26.8 Å². The summed E-state index contributed by atoms with van der Waals surface area (Å²) in [4.78, 5) is 16.7. The lowest BCUT2D eigenvalue weighted by Crippen LogP contribution is -2.04. The molecule has 6 heteroatoms. The summed E-state index contributed by atoms with van der Waals surface area (Å²) in [5.74, 6) is -0.392. The zero-order chi connectivity index (χ0) is 13.1. The Hall–Kier alpha value is -1.69. The van der Waals surface area contributed by atoms with Crippen LogP contribution >= 0.6 is 11.3 Å². The number of nitrogens with zero attached hydrogens (tertiary/aromatic N) is 3. The molecule has 0 aliphatic heterocycles. The normalized spacial score (nSPS) is 10.6. The number of ether oxygens (including phenoxy) is 1. The van der Waals surface area contributed by atoms with Gasteiger partial charge in [-0.05, 0) is 19.4 Å². The number of hydrogen-bond donors (Lipinski definition) is 0. The van der Waals surface area contributed by atoms with Gasteiger partial charge in [0.25, 0.3) is 0 Å². The lowest BCUT2D eigenvalue weighted by Gasteiger charge is -2.02. The van der Waals surface area contributed by atoms with E-state index in [9.17, 15) is 4.79 Å². The summed E-state index contributed by atoms with van der Waals surface area (Å²) < 4.78 is 6.61. The second-order valence-corrected chi connectivity index (χ2v) is 5.06. The average molecular weight is 265 g/mol. The van der Waals surface area contributed by atoms with Crippen molar-refractivity contribution >= 4 is 17.3 Å². The zero-order valence-corrected chi connectivity index (χ0v) is 11.5. The summed E-state index contributed by atoms with van der Waals surface area (Å²) in [6, 6.07) is 1.91. The number of aromatic nitrogens is 3. The molecule has 2 rings (SSSR count). The third kappa shape index (κ3) is 2.28. The Morgan fingerprint density at radius 3 is 3.00 bits per heavy atom. The van der Waals surface area contributed by atoms with Gasteiger partial charge in [-0.3, -0.25) is 4.68 Å². The molecule has 0 saturated heterocycles. The minimum absolute atomic E-state index is 0.391. The van der Waals surface area contributed by atoms with Gasteiger partial charge in [0, 0.05) is 17.6 Å². The monoisotopic (exact) mass is 265 g/mol. The van der Waals surface area contributed by atoms with Gasteiger partial charge in [0.05, 0.1) is 12.8 Å². The number of methoxy groups -OCH3 is 1. The molecule has 0 aliphatic carbocycles. The predicted octanol–water partition coefficient (Wildman–Crippen LogP) is 2.51. The van der Waals surface area contributed by atoms with Crippen molar-refractivity contribution < 1.29 is 9.53 Å². The van der Waals surface area contributed by atoms with Gasteiger partial charge in [-0.25, -0.2) is 9.78 Å². The molecule has 18 heavy (non-hydrogen) atoms. The molecule has 0 N–H and O–H groups in total. The van der Waals surface area contributed by atoms with Gasteiger partial charge in [-0.15, -0.1) is 11.3 Å². The smallest absolute Gasteiger partial charge is 0.357 e. The maximum Gasteiger partial charge on any atom is 0.357 e. The van der Waals surface area contributed by atoms with Crippen LogP contribution in [0.2, 0.25) is 0 Å². The van der Waals surface area contributed by atoms with Crippen LogP contribution in [0.15, 0.2) is 12.3 Å². The van der Waals surface area contributed by atoms with E-state index in [1.807, 2.05) is 17.7 Å². The second-order valence-electron chi connectivity index (χ2n) is 3.85. The summed E-state index contributed by atoms with van der Waals surface area (Å²) in [6.07, 6.45) is 2.75. The third-order valence-corrected chi connectivity index (χ3v) is 3.54. The molecule has 2 aromatic rings. The number of carbonyl (C=O) groups is 1. The van der Waals surface area contributed by atoms with Crippen LogP contribution in [0.5, 0.6) is 0 Å². The van der Waals surface area contributed by atoms with E-state index in [4.69, 9.17) is 4.74 Å². The van der Waals surface area contributed by atoms with Gasteiger partial charge in [0.15, 0.2) is 5.69 Å². The molecule has 0 spiro atoms. The lowest BCUT2D eigenvalue weighted by atomic mass is 10.4. The molecule has 96 valence electrons. The number of thiazole rings is 1. The molecule has 0 fully saturated rings. The first-order valence-electron chi connectivity index (χ1n) is 5.75. The van der Waals surface area contributed by atoms with Gasteiger partial charge in [-0.1, -0.05) is 6.92 Å². The maximum absolute atomic E-state index is 11.5. The fourth-order valence-corrected chi connectivity index (χ4v) is 2.63. The number of carbonyl (C=O) groups excluding carboxylic acids is 1. The molecule has 0 unspecified atom stereocenters. The Labute approximate surface area is 109 Å². The van der Waals surface area contributed by atoms with Gasteiger partial charge in [0.2, 0.25) is 0 Å². The number of aryl methyl sites for hydroxylation is 2. The molecule has 0 saturated carbocycles. The first-order chi connectivity index (χ1) is 8.67. The molecule has 0 atom stereocenters. The molecular formula is C12H15N3O2S. The Balaban J connectivity index is 2.39. The molecule has 5 nitrogen and oxygen atoms in total. The van der Waals surface area contributed by atoms with E-state index in [0.717, 1.165) is 28.5 Å². The van der Waals surface area contributed by atoms with Crippen LogP contribution in [-0.4, -0.2) is 27.8 Å². The van der Waals surface area contributed by atoms with Gasteiger partial charge >= 0.3 is 5.97 Å². The van der Waals surface area contributed by atoms with E-state index < -0.39 is 5.97 Å². The highest BCUT2D eigenvalue weighted by molar-refractivity contribution is 7.15. The van der Waals surface area contributed by atoms with Gasteiger partial charge in [-0.2, -0.15) is 5.10 Å². The van der Waals surface area contributed by atoms with Crippen molar-refractivity contribution in [2.75, 3.05) is 7.11 Å². The summed E-state index contributed by atoms with van der Waals surface area (Å²) in [5, 5.41) is 5.06. The van der Waals surface area contributed by atoms with E-state index in [1.54, 1.807) is 6.20 Å². The largest absolute Gasteiger partial charge is 0.464 e. The van der Waals surface area contributed by atoms with Gasteiger partial charge < -0.3 is 4.74 Å². The molecular weight excluding hydrogens is 250 g/mol. The number of rotatable bonds is 4. The molecule has 0 aromatic carbocycles. The topological polar surface area (TPSA) is 57.0 Å². The van der Waals surface area contributed by atoms with Gasteiger partial charge in [0.1, 0.15) is 5.01 Å². The maximum atomic E-state index is 11.5. The van der Waals surface area contributed by atoms with E-state index in [2.05, 4.69) is 17.0 Å². The Morgan fingerprint density at radius 2 is 2.33 bits per heavy atom. The van der Waals surface area contributed by atoms with Crippen LogP contribution in [0.4, 0.5) is 0 Å². The Bertz CT molecular complexity index is 559. The quantitative estimate of drug-likeness (QED) is 0.797. The van der Waals surface area contributed by atoms with Crippen molar-refractivity contribution in [2.24, 2.45) is 0 Å². The van der Waals surface area contributed by atoms with Crippen LogP contribution in [0.1, 0.15) is 28.7 Å². The van der Waals surface area contributed by atoms with Crippen LogP contribution in [-0.2, 0) is 11.3 Å². The molecule has 2 aromatic heterocycles. The van der Waals surface area contributed by atoms with E-state index >= 15 is 0 Å². The average Bonchev–Trinajstić information content (AvgIpc) is 2.95. The van der Waals surface area contributed by atoms with Crippen molar-refractivity contribution in [1.82, 2.24) is 14.8 Å². The van der Waals surface area contributed by atoms with Crippen molar-refractivity contribution in [1.29, 1.82) is 0 Å². The van der Waals surface area contributed by atoms with E-state index in [0.29, 0.717) is 5.69 Å². The molecule has 0 aliphatic rings. The predicted molar refractivity (Wildman–Crippen MR) is 69.7 cm³/mol. The summed E-state index contributed by atoms with van der Waals surface area (Å²) in [6.45, 7) is 4.81. The molecule has 0 bridgehead atoms. The minimum atomic E-state index is -0.392. The fourth-order valence-electron chi connectivity index (χ4n) is 1.70. The van der Waals surface area contributed by atoms with Crippen LogP contribution < -0.4 is 0 Å². The summed E-state index contributed by atoms with van der Waals surface area (Å²) >= 11 is 1.48. The standard InChI is InChI=1S/C12H15N3O2S/c1-4-7-15-9(5-6-13-15)11-14-10(8(2)18-11)12(16)17-3/h5-6H,4,7H2,1-3H3. The third-order valence-electron chi connectivity index (χ3n) is 2.55. The molecule has 2 heterocycles. The SMILES string of the molecule is CCCn1nccc1-c1nc(C(=O)OC)c(C)s1. The Morgan fingerprint density at radius 1 is 1.56 bits per heavy atom. The lowest BCUT2D eigenvalue weighted by molar-refractivity contribution is 0.0594. The number of esters is 1. The highest BCUT2D eigenvalue weighted by Gasteiger charge is 2.18. The van der Waals surface area contributed by atoms with E-state index in [-0.39, 0.29) is 0 Å². The zero-order valence-electron chi connectivity index (χ0n) is 10.6. The second kappa shape index (κ2) is 5.30. The van der Waals surface area contributed by atoms with Crippen LogP contribution in [0.25, 0.3) is 10.7 Å².